The van der Waals surface area contributed by atoms with Gasteiger partial charge in [0.25, 0.3) is 0 Å². The van der Waals surface area contributed by atoms with Gasteiger partial charge in [0.1, 0.15) is 0 Å². The number of sulfonamides is 1. The number of aryl methyl sites for hydroxylation is 2. The van der Waals surface area contributed by atoms with Crippen LogP contribution in [0.2, 0.25) is 0 Å². The van der Waals surface area contributed by atoms with E-state index in [1.807, 2.05) is 20.8 Å². The zero-order valence-electron chi connectivity index (χ0n) is 15.9. The summed E-state index contributed by atoms with van der Waals surface area (Å²) in [5.74, 6) is -0.0957. The summed E-state index contributed by atoms with van der Waals surface area (Å²) in [6.07, 6.45) is 0.206. The summed E-state index contributed by atoms with van der Waals surface area (Å²) >= 11 is 0. The second-order valence-corrected chi connectivity index (χ2v) is 8.91. The molecule has 0 aromatic heterocycles. The lowest BCUT2D eigenvalue weighted by Crippen LogP contribution is -2.28. The van der Waals surface area contributed by atoms with Gasteiger partial charge >= 0.3 is 0 Å². The van der Waals surface area contributed by atoms with Crippen molar-refractivity contribution in [2.24, 2.45) is 0 Å². The van der Waals surface area contributed by atoms with E-state index in [1.165, 1.54) is 30.5 Å². The molecule has 0 saturated carbocycles. The second kappa shape index (κ2) is 8.01. The molecule has 2 rings (SSSR count). The molecular formula is C20H26N2O3S. The maximum Gasteiger partial charge on any atom is 0.242 e. The van der Waals surface area contributed by atoms with E-state index >= 15 is 0 Å². The highest BCUT2D eigenvalue weighted by atomic mass is 32.2. The fourth-order valence-corrected chi connectivity index (χ4v) is 3.67. The predicted molar refractivity (Wildman–Crippen MR) is 103 cm³/mol. The highest BCUT2D eigenvalue weighted by Gasteiger charge is 2.17. The van der Waals surface area contributed by atoms with Crippen LogP contribution in [0.3, 0.4) is 0 Å². The minimum absolute atomic E-state index is 0.0872. The van der Waals surface area contributed by atoms with Gasteiger partial charge in [-0.2, -0.15) is 0 Å². The van der Waals surface area contributed by atoms with Crippen molar-refractivity contribution in [1.29, 1.82) is 0 Å². The third kappa shape index (κ3) is 4.71. The van der Waals surface area contributed by atoms with Crippen LogP contribution in [0.4, 0.5) is 0 Å². The van der Waals surface area contributed by atoms with Gasteiger partial charge in [0.2, 0.25) is 15.9 Å². The van der Waals surface area contributed by atoms with Gasteiger partial charge in [-0.05, 0) is 49.6 Å². The van der Waals surface area contributed by atoms with Crippen LogP contribution < -0.4 is 5.32 Å². The molecule has 5 nitrogen and oxygen atoms in total. The molecule has 0 aliphatic heterocycles. The molecule has 2 aromatic carbocycles. The Hall–Kier alpha value is -2.18. The number of rotatable bonds is 6. The van der Waals surface area contributed by atoms with Crippen LogP contribution in [0.25, 0.3) is 0 Å². The Morgan fingerprint density at radius 1 is 1.08 bits per heavy atom. The summed E-state index contributed by atoms with van der Waals surface area (Å²) in [5, 5.41) is 3.01. The topological polar surface area (TPSA) is 66.5 Å². The maximum atomic E-state index is 12.3. The zero-order valence-corrected chi connectivity index (χ0v) is 16.7. The molecular weight excluding hydrogens is 348 g/mol. The molecule has 1 unspecified atom stereocenters. The van der Waals surface area contributed by atoms with Gasteiger partial charge in [-0.3, -0.25) is 4.79 Å². The van der Waals surface area contributed by atoms with E-state index in [-0.39, 0.29) is 23.3 Å². The van der Waals surface area contributed by atoms with Crippen molar-refractivity contribution in [2.45, 2.75) is 38.1 Å². The number of amides is 1. The zero-order chi connectivity index (χ0) is 19.5. The lowest BCUT2D eigenvalue weighted by molar-refractivity contribution is -0.121. The van der Waals surface area contributed by atoms with Crippen molar-refractivity contribution < 1.29 is 13.2 Å². The van der Waals surface area contributed by atoms with E-state index in [4.69, 9.17) is 0 Å². The van der Waals surface area contributed by atoms with Gasteiger partial charge in [-0.25, -0.2) is 12.7 Å². The molecule has 26 heavy (non-hydrogen) atoms. The first-order valence-electron chi connectivity index (χ1n) is 8.49. The molecule has 0 radical (unpaired) electrons. The predicted octanol–water partition coefficient (Wildman–Crippen LogP) is 2.97. The lowest BCUT2D eigenvalue weighted by atomic mass is 10.00. The van der Waals surface area contributed by atoms with E-state index in [9.17, 15) is 13.2 Å². The molecule has 1 atom stereocenters. The van der Waals surface area contributed by atoms with E-state index in [1.54, 1.807) is 12.1 Å². The van der Waals surface area contributed by atoms with Gasteiger partial charge in [0.05, 0.1) is 17.4 Å². The third-order valence-electron chi connectivity index (χ3n) is 4.35. The molecule has 1 amide bonds. The number of benzene rings is 2. The molecule has 0 saturated heterocycles. The molecule has 1 N–H and O–H groups in total. The maximum absolute atomic E-state index is 12.3. The molecule has 0 heterocycles. The summed E-state index contributed by atoms with van der Waals surface area (Å²) in [4.78, 5) is 12.6. The number of nitrogens with one attached hydrogen (secondary N) is 1. The first kappa shape index (κ1) is 20.1. The minimum atomic E-state index is -3.45. The number of carbonyl (C=O) groups is 1. The molecule has 0 fully saturated rings. The van der Waals surface area contributed by atoms with Crippen LogP contribution in [-0.4, -0.2) is 32.7 Å². The van der Waals surface area contributed by atoms with Crippen molar-refractivity contribution in [1.82, 2.24) is 9.62 Å². The second-order valence-electron chi connectivity index (χ2n) is 6.76. The Balaban J connectivity index is 2.05. The Morgan fingerprint density at radius 3 is 2.27 bits per heavy atom. The quantitative estimate of drug-likeness (QED) is 0.845. The molecule has 0 spiro atoms. The van der Waals surface area contributed by atoms with Gasteiger partial charge in [0.15, 0.2) is 0 Å². The average Bonchev–Trinajstić information content (AvgIpc) is 2.57. The van der Waals surface area contributed by atoms with Crippen molar-refractivity contribution >= 4 is 15.9 Å². The summed E-state index contributed by atoms with van der Waals surface area (Å²) in [6, 6.07) is 12.5. The fourth-order valence-electron chi connectivity index (χ4n) is 2.77. The Labute approximate surface area is 156 Å². The summed E-state index contributed by atoms with van der Waals surface area (Å²) in [7, 11) is -0.470. The first-order chi connectivity index (χ1) is 12.1. The number of hydrogen-bond acceptors (Lipinski definition) is 3. The normalized spacial score (nSPS) is 12.8. The van der Waals surface area contributed by atoms with Crippen molar-refractivity contribution in [3.05, 3.63) is 64.7 Å². The Morgan fingerprint density at radius 2 is 1.69 bits per heavy atom. The van der Waals surface area contributed by atoms with Crippen LogP contribution in [-0.2, 0) is 21.2 Å². The van der Waals surface area contributed by atoms with Gasteiger partial charge < -0.3 is 5.32 Å². The average molecular weight is 375 g/mol. The van der Waals surface area contributed by atoms with Crippen LogP contribution in [0.15, 0.2) is 47.4 Å². The van der Waals surface area contributed by atoms with Gasteiger partial charge in [0, 0.05) is 14.1 Å². The van der Waals surface area contributed by atoms with Crippen molar-refractivity contribution in [2.75, 3.05) is 14.1 Å². The van der Waals surface area contributed by atoms with E-state index < -0.39 is 10.0 Å². The standard InChI is InChI=1S/C20H26N2O3S/c1-14-6-7-15(2)19(12-14)16(3)21-20(23)13-17-8-10-18(11-9-17)26(24,25)22(4)5/h6-12,16H,13H2,1-5H3,(H,21,23). The number of carbonyl (C=O) groups excluding carboxylic acids is 1. The van der Waals surface area contributed by atoms with E-state index in [0.29, 0.717) is 0 Å². The Bertz CT molecular complexity index is 888. The summed E-state index contributed by atoms with van der Waals surface area (Å²) in [5.41, 5.74) is 4.17. The van der Waals surface area contributed by atoms with Crippen molar-refractivity contribution in [3.8, 4) is 0 Å². The largest absolute Gasteiger partial charge is 0.349 e. The van der Waals surface area contributed by atoms with Crippen LogP contribution in [0.5, 0.6) is 0 Å². The van der Waals surface area contributed by atoms with Gasteiger partial charge in [-0.1, -0.05) is 35.9 Å². The summed E-state index contributed by atoms with van der Waals surface area (Å²) < 4.78 is 25.3. The number of nitrogens with zero attached hydrogens (tertiary/aromatic N) is 1. The van der Waals surface area contributed by atoms with Crippen LogP contribution >= 0.6 is 0 Å². The highest BCUT2D eigenvalue weighted by Crippen LogP contribution is 2.19. The molecule has 0 bridgehead atoms. The van der Waals surface area contributed by atoms with Crippen LogP contribution in [0, 0.1) is 13.8 Å². The van der Waals surface area contributed by atoms with E-state index in [0.717, 1.165) is 22.3 Å². The molecule has 0 aliphatic rings. The van der Waals surface area contributed by atoms with Crippen molar-refractivity contribution in [3.63, 3.8) is 0 Å². The van der Waals surface area contributed by atoms with E-state index in [2.05, 4.69) is 23.5 Å². The molecule has 140 valence electrons. The Kier molecular flexibility index (Phi) is 6.21. The third-order valence-corrected chi connectivity index (χ3v) is 6.17. The SMILES string of the molecule is Cc1ccc(C)c(C(C)NC(=O)Cc2ccc(S(=O)(=O)N(C)C)cc2)c1. The monoisotopic (exact) mass is 374 g/mol. The van der Waals surface area contributed by atoms with Crippen LogP contribution in [0.1, 0.15) is 35.2 Å². The molecule has 6 heteroatoms. The van der Waals surface area contributed by atoms with Gasteiger partial charge in [-0.15, -0.1) is 0 Å². The minimum Gasteiger partial charge on any atom is -0.349 e. The molecule has 2 aromatic rings. The smallest absolute Gasteiger partial charge is 0.242 e. The fraction of sp³-hybridized carbons (Fsp3) is 0.350. The lowest BCUT2D eigenvalue weighted by Gasteiger charge is -2.17. The molecule has 0 aliphatic carbocycles. The summed E-state index contributed by atoms with van der Waals surface area (Å²) in [6.45, 7) is 6.02. The first-order valence-corrected chi connectivity index (χ1v) is 9.93. The highest BCUT2D eigenvalue weighted by molar-refractivity contribution is 7.89. The number of hydrogen-bond donors (Lipinski definition) is 1.